The van der Waals surface area contributed by atoms with E-state index >= 15 is 0 Å². The van der Waals surface area contributed by atoms with Gasteiger partial charge in [-0.15, -0.1) is 0 Å². The second-order valence-corrected chi connectivity index (χ2v) is 5.42. The topological polar surface area (TPSA) is 72.2 Å². The summed E-state index contributed by atoms with van der Waals surface area (Å²) in [5, 5.41) is 13.6. The first-order valence-corrected chi connectivity index (χ1v) is 7.04. The van der Waals surface area contributed by atoms with Gasteiger partial charge in [0.2, 0.25) is 0 Å². The predicted octanol–water partition coefficient (Wildman–Crippen LogP) is 3.96. The fourth-order valence-electron chi connectivity index (χ4n) is 1.78. The van der Waals surface area contributed by atoms with Gasteiger partial charge in [0.15, 0.2) is 5.78 Å². The Morgan fingerprint density at radius 2 is 1.90 bits per heavy atom. The van der Waals surface area contributed by atoms with Crippen LogP contribution in [0, 0.1) is 17.0 Å². The van der Waals surface area contributed by atoms with Gasteiger partial charge >= 0.3 is 0 Å². The van der Waals surface area contributed by atoms with E-state index in [1.165, 1.54) is 12.1 Å². The molecule has 0 aliphatic rings. The molecule has 2 aromatic carbocycles. The van der Waals surface area contributed by atoms with Crippen LogP contribution >= 0.6 is 15.9 Å². The number of carbonyl (C=O) groups is 1. The van der Waals surface area contributed by atoms with E-state index < -0.39 is 4.92 Å². The summed E-state index contributed by atoms with van der Waals surface area (Å²) in [5.41, 5.74) is 2.36. The van der Waals surface area contributed by atoms with E-state index in [1.807, 2.05) is 19.1 Å². The van der Waals surface area contributed by atoms with Crippen molar-refractivity contribution in [3.05, 3.63) is 68.2 Å². The largest absolute Gasteiger partial charge is 0.377 e. The Kier molecular flexibility index (Phi) is 4.70. The van der Waals surface area contributed by atoms with Gasteiger partial charge in [-0.05, 0) is 28.9 Å². The fourth-order valence-corrected chi connectivity index (χ4v) is 2.28. The molecule has 0 aliphatic carbocycles. The molecule has 2 rings (SSSR count). The van der Waals surface area contributed by atoms with E-state index in [9.17, 15) is 14.9 Å². The molecular formula is C15H13BrN2O3. The highest BCUT2D eigenvalue weighted by Crippen LogP contribution is 2.27. The number of aryl methyl sites for hydroxylation is 1. The van der Waals surface area contributed by atoms with Gasteiger partial charge < -0.3 is 5.32 Å². The summed E-state index contributed by atoms with van der Waals surface area (Å²) < 4.78 is 0.549. The zero-order chi connectivity index (χ0) is 15.4. The average molecular weight is 349 g/mol. The second-order valence-electron chi connectivity index (χ2n) is 4.56. The maximum atomic E-state index is 12.0. The summed E-state index contributed by atoms with van der Waals surface area (Å²) >= 11 is 3.25. The third-order valence-electron chi connectivity index (χ3n) is 2.98. The minimum absolute atomic E-state index is 0.00251. The van der Waals surface area contributed by atoms with Gasteiger partial charge in [0.05, 0.1) is 11.5 Å². The number of nitrogens with one attached hydrogen (secondary N) is 1. The summed E-state index contributed by atoms with van der Waals surface area (Å²) in [5.74, 6) is -0.0414. The Balaban J connectivity index is 2.04. The van der Waals surface area contributed by atoms with E-state index in [0.29, 0.717) is 15.7 Å². The SMILES string of the molecule is Cc1ccc(C(=O)CNc2ccc([N+](=O)[O-])cc2Br)cc1. The van der Waals surface area contributed by atoms with Gasteiger partial charge in [0, 0.05) is 27.9 Å². The summed E-state index contributed by atoms with van der Waals surface area (Å²) in [4.78, 5) is 22.2. The molecule has 0 saturated carbocycles. The molecule has 0 bridgehead atoms. The van der Waals surface area contributed by atoms with Crippen molar-refractivity contribution in [2.24, 2.45) is 0 Å². The minimum atomic E-state index is -0.466. The Hall–Kier alpha value is -2.21. The van der Waals surface area contributed by atoms with Gasteiger partial charge in [0.1, 0.15) is 0 Å². The second kappa shape index (κ2) is 6.49. The Morgan fingerprint density at radius 1 is 1.24 bits per heavy atom. The lowest BCUT2D eigenvalue weighted by Gasteiger charge is -2.08. The van der Waals surface area contributed by atoms with Crippen molar-refractivity contribution < 1.29 is 9.72 Å². The van der Waals surface area contributed by atoms with Crippen molar-refractivity contribution in [1.82, 2.24) is 0 Å². The molecule has 0 heterocycles. The van der Waals surface area contributed by atoms with Crippen LogP contribution in [0.1, 0.15) is 15.9 Å². The molecule has 0 saturated heterocycles. The molecule has 21 heavy (non-hydrogen) atoms. The molecule has 0 spiro atoms. The third-order valence-corrected chi connectivity index (χ3v) is 3.63. The van der Waals surface area contributed by atoms with Crippen molar-refractivity contribution in [2.45, 2.75) is 6.92 Å². The Bertz CT molecular complexity index is 684. The number of Topliss-reactive ketones (excluding diaryl/α,β-unsaturated/α-hetero) is 1. The van der Waals surface area contributed by atoms with Crippen molar-refractivity contribution in [3.8, 4) is 0 Å². The molecule has 0 atom stereocenters. The van der Waals surface area contributed by atoms with Crippen LogP contribution < -0.4 is 5.32 Å². The normalized spacial score (nSPS) is 10.2. The molecule has 0 amide bonds. The summed E-state index contributed by atoms with van der Waals surface area (Å²) in [7, 11) is 0. The van der Waals surface area contributed by atoms with Gasteiger partial charge in [-0.25, -0.2) is 0 Å². The molecule has 2 aromatic rings. The van der Waals surface area contributed by atoms with Crippen LogP contribution in [0.2, 0.25) is 0 Å². The first-order valence-electron chi connectivity index (χ1n) is 6.25. The van der Waals surface area contributed by atoms with Gasteiger partial charge in [-0.3, -0.25) is 14.9 Å². The van der Waals surface area contributed by atoms with Gasteiger partial charge in [-0.1, -0.05) is 29.8 Å². The molecule has 1 N–H and O–H groups in total. The van der Waals surface area contributed by atoms with Gasteiger partial charge in [0.25, 0.3) is 5.69 Å². The molecule has 108 valence electrons. The van der Waals surface area contributed by atoms with Crippen LogP contribution in [0.15, 0.2) is 46.9 Å². The van der Waals surface area contributed by atoms with E-state index in [-0.39, 0.29) is 18.0 Å². The maximum Gasteiger partial charge on any atom is 0.270 e. The number of rotatable bonds is 5. The van der Waals surface area contributed by atoms with E-state index in [1.54, 1.807) is 18.2 Å². The van der Waals surface area contributed by atoms with Gasteiger partial charge in [-0.2, -0.15) is 0 Å². The van der Waals surface area contributed by atoms with Crippen LogP contribution in [0.5, 0.6) is 0 Å². The van der Waals surface area contributed by atoms with Crippen LogP contribution in [-0.4, -0.2) is 17.3 Å². The Morgan fingerprint density at radius 3 is 2.48 bits per heavy atom. The lowest BCUT2D eigenvalue weighted by Crippen LogP contribution is -2.14. The number of ketones is 1. The van der Waals surface area contributed by atoms with Crippen molar-refractivity contribution in [3.63, 3.8) is 0 Å². The van der Waals surface area contributed by atoms with Crippen molar-refractivity contribution >= 4 is 33.1 Å². The molecule has 0 radical (unpaired) electrons. The summed E-state index contributed by atoms with van der Waals surface area (Å²) in [6.45, 7) is 2.08. The number of nitrogens with zero attached hydrogens (tertiary/aromatic N) is 1. The molecule has 0 aliphatic heterocycles. The molecule has 0 fully saturated rings. The number of carbonyl (C=O) groups excluding carboxylic acids is 1. The molecule has 0 aromatic heterocycles. The average Bonchev–Trinajstić information content (AvgIpc) is 2.46. The zero-order valence-electron chi connectivity index (χ0n) is 11.3. The van der Waals surface area contributed by atoms with Crippen molar-refractivity contribution in [2.75, 3.05) is 11.9 Å². The summed E-state index contributed by atoms with van der Waals surface area (Å²) in [6.07, 6.45) is 0. The highest BCUT2D eigenvalue weighted by atomic mass is 79.9. The third kappa shape index (κ3) is 3.88. The first kappa shape index (κ1) is 15.2. The summed E-state index contributed by atoms with van der Waals surface area (Å²) in [6, 6.07) is 11.7. The number of hydrogen-bond donors (Lipinski definition) is 1. The number of nitro benzene ring substituents is 1. The predicted molar refractivity (Wildman–Crippen MR) is 84.8 cm³/mol. The quantitative estimate of drug-likeness (QED) is 0.504. The van der Waals surface area contributed by atoms with Crippen LogP contribution in [0.4, 0.5) is 11.4 Å². The number of non-ortho nitro benzene ring substituents is 1. The minimum Gasteiger partial charge on any atom is -0.377 e. The number of benzene rings is 2. The van der Waals surface area contributed by atoms with Crippen LogP contribution in [0.3, 0.4) is 0 Å². The monoisotopic (exact) mass is 348 g/mol. The number of nitro groups is 1. The van der Waals surface area contributed by atoms with E-state index in [0.717, 1.165) is 5.56 Å². The highest BCUT2D eigenvalue weighted by molar-refractivity contribution is 9.10. The number of anilines is 1. The molecule has 5 nitrogen and oxygen atoms in total. The molecule has 6 heteroatoms. The number of hydrogen-bond acceptors (Lipinski definition) is 4. The fraction of sp³-hybridized carbons (Fsp3) is 0.133. The molecule has 0 unspecified atom stereocenters. The first-order chi connectivity index (χ1) is 9.97. The molecular weight excluding hydrogens is 336 g/mol. The smallest absolute Gasteiger partial charge is 0.270 e. The Labute approximate surface area is 130 Å². The highest BCUT2D eigenvalue weighted by Gasteiger charge is 2.10. The van der Waals surface area contributed by atoms with Crippen LogP contribution in [-0.2, 0) is 0 Å². The van der Waals surface area contributed by atoms with E-state index in [4.69, 9.17) is 0 Å². The number of halogens is 1. The standard InChI is InChI=1S/C15H13BrN2O3/c1-10-2-4-11(5-3-10)15(19)9-17-14-7-6-12(18(20)21)8-13(14)16/h2-8,17H,9H2,1H3. The van der Waals surface area contributed by atoms with Crippen LogP contribution in [0.25, 0.3) is 0 Å². The zero-order valence-corrected chi connectivity index (χ0v) is 12.9. The van der Waals surface area contributed by atoms with E-state index in [2.05, 4.69) is 21.2 Å². The lowest BCUT2D eigenvalue weighted by atomic mass is 10.1. The maximum absolute atomic E-state index is 12.0. The lowest BCUT2D eigenvalue weighted by molar-refractivity contribution is -0.384. The van der Waals surface area contributed by atoms with Crippen molar-refractivity contribution in [1.29, 1.82) is 0 Å².